The molecule has 28 heavy (non-hydrogen) atoms. The number of carbonyl (C=O) groups excluding carboxylic acids is 1. The Bertz CT molecular complexity index is 805. The zero-order chi connectivity index (χ0) is 18.6. The van der Waals surface area contributed by atoms with Crippen LogP contribution in [0, 0.1) is 11.7 Å². The number of halogens is 2. The quantitative estimate of drug-likeness (QED) is 0.734. The fourth-order valence-electron chi connectivity index (χ4n) is 4.28. The molecular weight excluding hydrogens is 379 g/mol. The molecule has 2 unspecified atom stereocenters. The minimum Gasteiger partial charge on any atom is -0.489 e. The molecule has 2 saturated heterocycles. The number of ether oxygens (including phenoxy) is 1. The molecule has 0 radical (unpaired) electrons. The molecule has 2 bridgehead atoms. The Morgan fingerprint density at radius 3 is 2.61 bits per heavy atom. The Hall–Kier alpha value is -2.11. The Morgan fingerprint density at radius 2 is 1.86 bits per heavy atom. The van der Waals surface area contributed by atoms with Crippen LogP contribution >= 0.6 is 12.4 Å². The first-order valence-corrected chi connectivity index (χ1v) is 9.67. The van der Waals surface area contributed by atoms with Gasteiger partial charge in [-0.3, -0.25) is 4.79 Å². The van der Waals surface area contributed by atoms with Crippen molar-refractivity contribution < 1.29 is 13.9 Å². The van der Waals surface area contributed by atoms with Crippen molar-refractivity contribution in [2.75, 3.05) is 5.32 Å². The Labute approximate surface area is 171 Å². The number of anilines is 1. The Balaban J connectivity index is 0.00000225. The second-order valence-electron chi connectivity index (χ2n) is 7.67. The summed E-state index contributed by atoms with van der Waals surface area (Å²) < 4.78 is 18.8. The lowest BCUT2D eigenvalue weighted by Gasteiger charge is -2.28. The van der Waals surface area contributed by atoms with Crippen molar-refractivity contribution in [1.29, 1.82) is 0 Å². The highest BCUT2D eigenvalue weighted by Crippen LogP contribution is 2.32. The predicted octanol–water partition coefficient (Wildman–Crippen LogP) is 4.69. The number of amides is 1. The van der Waals surface area contributed by atoms with Gasteiger partial charge in [0.15, 0.2) is 0 Å². The molecule has 2 aliphatic rings. The highest BCUT2D eigenvalue weighted by atomic mass is 35.5. The van der Waals surface area contributed by atoms with Crippen LogP contribution in [0.4, 0.5) is 10.1 Å². The van der Waals surface area contributed by atoms with E-state index < -0.39 is 0 Å². The van der Waals surface area contributed by atoms with Gasteiger partial charge in [-0.25, -0.2) is 4.39 Å². The van der Waals surface area contributed by atoms with E-state index in [-0.39, 0.29) is 24.1 Å². The number of rotatable bonds is 6. The lowest BCUT2D eigenvalue weighted by molar-refractivity contribution is -0.117. The van der Waals surface area contributed by atoms with Gasteiger partial charge in [-0.15, -0.1) is 12.4 Å². The van der Waals surface area contributed by atoms with E-state index in [4.69, 9.17) is 4.74 Å². The van der Waals surface area contributed by atoms with E-state index in [0.717, 1.165) is 24.1 Å². The lowest BCUT2D eigenvalue weighted by Crippen LogP contribution is -2.39. The van der Waals surface area contributed by atoms with Gasteiger partial charge in [0.1, 0.15) is 18.2 Å². The minimum absolute atomic E-state index is 0. The van der Waals surface area contributed by atoms with Crippen LogP contribution in [0.25, 0.3) is 0 Å². The third-order valence-electron chi connectivity index (χ3n) is 5.46. The maximum Gasteiger partial charge on any atom is 0.224 e. The van der Waals surface area contributed by atoms with Gasteiger partial charge in [0, 0.05) is 30.3 Å². The maximum absolute atomic E-state index is 13.2. The molecule has 1 amide bonds. The highest BCUT2D eigenvalue weighted by molar-refractivity contribution is 5.90. The molecule has 2 atom stereocenters. The molecule has 2 aromatic carbocycles. The van der Waals surface area contributed by atoms with E-state index in [2.05, 4.69) is 10.6 Å². The van der Waals surface area contributed by atoms with Crippen molar-refractivity contribution in [3.63, 3.8) is 0 Å². The number of benzene rings is 2. The molecule has 2 N–H and O–H groups in total. The summed E-state index contributed by atoms with van der Waals surface area (Å²) in [7, 11) is 0. The summed E-state index contributed by atoms with van der Waals surface area (Å²) in [4.78, 5) is 12.4. The van der Waals surface area contributed by atoms with Crippen molar-refractivity contribution in [1.82, 2.24) is 5.32 Å². The van der Waals surface area contributed by atoms with Crippen LogP contribution in [0.15, 0.2) is 48.5 Å². The van der Waals surface area contributed by atoms with Gasteiger partial charge in [0.25, 0.3) is 0 Å². The zero-order valence-electron chi connectivity index (χ0n) is 15.7. The smallest absolute Gasteiger partial charge is 0.224 e. The van der Waals surface area contributed by atoms with Gasteiger partial charge in [-0.1, -0.05) is 18.2 Å². The fraction of sp³-hybridized carbons (Fsp3) is 0.409. The van der Waals surface area contributed by atoms with Crippen LogP contribution in [0.3, 0.4) is 0 Å². The maximum atomic E-state index is 13.2. The molecule has 6 heteroatoms. The summed E-state index contributed by atoms with van der Waals surface area (Å²) in [5.74, 6) is 0.720. The first kappa shape index (κ1) is 20.6. The SMILES string of the molecule is Cl.O=C(CC1CC2CCC(C1)N2)Nc1cccc(COc2cccc(F)c2)c1. The predicted molar refractivity (Wildman–Crippen MR) is 110 cm³/mol. The highest BCUT2D eigenvalue weighted by Gasteiger charge is 2.34. The number of piperidine rings is 1. The van der Waals surface area contributed by atoms with Gasteiger partial charge in [-0.05, 0) is 61.4 Å². The number of nitrogens with one attached hydrogen (secondary N) is 2. The summed E-state index contributed by atoms with van der Waals surface area (Å²) in [6.45, 7) is 0.324. The largest absolute Gasteiger partial charge is 0.489 e. The van der Waals surface area contributed by atoms with Gasteiger partial charge >= 0.3 is 0 Å². The Morgan fingerprint density at radius 1 is 1.11 bits per heavy atom. The average molecular weight is 405 g/mol. The second kappa shape index (κ2) is 9.39. The van der Waals surface area contributed by atoms with Crippen LogP contribution < -0.4 is 15.4 Å². The van der Waals surface area contributed by atoms with Crippen molar-refractivity contribution in [3.8, 4) is 5.75 Å². The van der Waals surface area contributed by atoms with E-state index in [1.54, 1.807) is 12.1 Å². The summed E-state index contributed by atoms with van der Waals surface area (Å²) >= 11 is 0. The van der Waals surface area contributed by atoms with Crippen LogP contribution in [-0.2, 0) is 11.4 Å². The topological polar surface area (TPSA) is 50.4 Å². The van der Waals surface area contributed by atoms with Crippen LogP contribution in [0.5, 0.6) is 5.75 Å². The third-order valence-corrected chi connectivity index (χ3v) is 5.46. The summed E-state index contributed by atoms with van der Waals surface area (Å²) in [5.41, 5.74) is 1.70. The van der Waals surface area contributed by atoms with Crippen LogP contribution in [-0.4, -0.2) is 18.0 Å². The number of fused-ring (bicyclic) bond motifs is 2. The van der Waals surface area contributed by atoms with Crippen molar-refractivity contribution in [3.05, 3.63) is 59.9 Å². The molecule has 0 spiro atoms. The average Bonchev–Trinajstić information content (AvgIpc) is 2.99. The number of carbonyl (C=O) groups is 1. The van der Waals surface area contributed by atoms with Crippen LogP contribution in [0.1, 0.15) is 37.7 Å². The van der Waals surface area contributed by atoms with E-state index in [1.807, 2.05) is 24.3 Å². The zero-order valence-corrected chi connectivity index (χ0v) is 16.5. The lowest BCUT2D eigenvalue weighted by atomic mass is 9.89. The summed E-state index contributed by atoms with van der Waals surface area (Å²) in [6, 6.07) is 14.9. The molecule has 4 rings (SSSR count). The molecule has 4 nitrogen and oxygen atoms in total. The van der Waals surface area contributed by atoms with Gasteiger partial charge in [0.05, 0.1) is 0 Å². The van der Waals surface area contributed by atoms with Gasteiger partial charge in [-0.2, -0.15) is 0 Å². The van der Waals surface area contributed by atoms with Gasteiger partial charge in [0.2, 0.25) is 5.91 Å². The molecule has 150 valence electrons. The van der Waals surface area contributed by atoms with E-state index in [0.29, 0.717) is 36.8 Å². The third kappa shape index (κ3) is 5.46. The molecular formula is C22H26ClFN2O2. The second-order valence-corrected chi connectivity index (χ2v) is 7.67. The molecule has 2 heterocycles. The van der Waals surface area contributed by atoms with Crippen molar-refractivity contribution in [2.45, 2.75) is 50.8 Å². The van der Waals surface area contributed by atoms with E-state index in [1.165, 1.54) is 25.0 Å². The number of hydrogen-bond acceptors (Lipinski definition) is 3. The molecule has 2 aromatic rings. The van der Waals surface area contributed by atoms with E-state index in [9.17, 15) is 9.18 Å². The molecule has 0 aromatic heterocycles. The first-order chi connectivity index (χ1) is 13.1. The standard InChI is InChI=1S/C22H25FN2O2.ClH/c23-17-4-2-6-21(13-17)27-14-15-3-1-5-18(9-15)25-22(26)12-16-10-19-7-8-20(11-16)24-19;/h1-6,9,13,16,19-20,24H,7-8,10-12,14H2,(H,25,26);1H. The van der Waals surface area contributed by atoms with Crippen molar-refractivity contribution >= 4 is 24.0 Å². The molecule has 0 aliphatic carbocycles. The fourth-order valence-corrected chi connectivity index (χ4v) is 4.28. The molecule has 2 fully saturated rings. The van der Waals surface area contributed by atoms with Crippen LogP contribution in [0.2, 0.25) is 0 Å². The minimum atomic E-state index is -0.320. The summed E-state index contributed by atoms with van der Waals surface area (Å²) in [6.07, 6.45) is 5.28. The van der Waals surface area contributed by atoms with Gasteiger partial charge < -0.3 is 15.4 Å². The molecule has 2 aliphatic heterocycles. The Kier molecular flexibility index (Phi) is 6.92. The van der Waals surface area contributed by atoms with E-state index >= 15 is 0 Å². The molecule has 0 saturated carbocycles. The first-order valence-electron chi connectivity index (χ1n) is 9.67. The van der Waals surface area contributed by atoms with Crippen molar-refractivity contribution in [2.24, 2.45) is 5.92 Å². The number of hydrogen-bond donors (Lipinski definition) is 2. The normalized spacial score (nSPS) is 23.0. The summed E-state index contributed by atoms with van der Waals surface area (Å²) in [5, 5.41) is 6.62. The monoisotopic (exact) mass is 404 g/mol.